The number of aliphatic hydroxyl groups excluding tert-OH is 1. The minimum atomic E-state index is -0.341. The van der Waals surface area contributed by atoms with E-state index in [9.17, 15) is 5.11 Å². The summed E-state index contributed by atoms with van der Waals surface area (Å²) in [5.41, 5.74) is 2.15. The van der Waals surface area contributed by atoms with E-state index >= 15 is 0 Å². The van der Waals surface area contributed by atoms with E-state index in [4.69, 9.17) is 28.0 Å². The van der Waals surface area contributed by atoms with E-state index in [-0.39, 0.29) is 24.0 Å². The Morgan fingerprint density at radius 1 is 1.33 bits per heavy atom. The molecule has 3 rings (SSSR count). The van der Waals surface area contributed by atoms with E-state index in [0.29, 0.717) is 16.1 Å². The molecule has 6 heteroatoms. The van der Waals surface area contributed by atoms with Gasteiger partial charge in [0.15, 0.2) is 0 Å². The third kappa shape index (κ3) is 3.05. The molecule has 2 saturated heterocycles. The van der Waals surface area contributed by atoms with Gasteiger partial charge in [0.2, 0.25) is 0 Å². The molecule has 0 aliphatic carbocycles. The molecule has 0 spiro atoms. The molecular formula is C18H24Cl2N2O2. The van der Waals surface area contributed by atoms with Crippen LogP contribution >= 0.6 is 23.2 Å². The smallest absolute Gasteiger partial charge is 0.106 e. The number of fused-ring (bicyclic) bond motifs is 2. The molecule has 2 aliphatic heterocycles. The molecule has 132 valence electrons. The lowest BCUT2D eigenvalue weighted by Gasteiger charge is -2.44. The Kier molecular flexibility index (Phi) is 5.40. The van der Waals surface area contributed by atoms with E-state index in [1.54, 1.807) is 7.11 Å². The maximum absolute atomic E-state index is 10.6. The second-order valence-electron chi connectivity index (χ2n) is 6.77. The van der Waals surface area contributed by atoms with Gasteiger partial charge in [-0.1, -0.05) is 41.3 Å². The second-order valence-corrected chi connectivity index (χ2v) is 7.59. The fourth-order valence-corrected chi connectivity index (χ4v) is 4.83. The molecule has 1 aromatic carbocycles. The van der Waals surface area contributed by atoms with Crippen LogP contribution in [-0.2, 0) is 4.84 Å². The summed E-state index contributed by atoms with van der Waals surface area (Å²) >= 11 is 12.3. The highest BCUT2D eigenvalue weighted by Gasteiger charge is 2.52. The zero-order chi connectivity index (χ0) is 17.4. The molecule has 4 nitrogen and oxygen atoms in total. The lowest BCUT2D eigenvalue weighted by Crippen LogP contribution is -2.51. The van der Waals surface area contributed by atoms with Crippen molar-refractivity contribution < 1.29 is 9.94 Å². The average Bonchev–Trinajstić information content (AvgIpc) is 2.74. The molecule has 0 aromatic heterocycles. The van der Waals surface area contributed by atoms with Crippen LogP contribution in [0.2, 0.25) is 10.0 Å². The molecule has 2 aliphatic rings. The Morgan fingerprint density at radius 3 is 2.71 bits per heavy atom. The molecule has 2 fully saturated rings. The van der Waals surface area contributed by atoms with Gasteiger partial charge < -0.3 is 9.94 Å². The molecule has 24 heavy (non-hydrogen) atoms. The number of nitrogens with zero attached hydrogens (tertiary/aromatic N) is 2. The molecule has 5 atom stereocenters. The zero-order valence-corrected chi connectivity index (χ0v) is 15.8. The molecule has 2 unspecified atom stereocenters. The molecule has 1 N–H and O–H groups in total. The number of hydrogen-bond donors (Lipinski definition) is 1. The molecule has 1 aromatic rings. The van der Waals surface area contributed by atoms with Crippen molar-refractivity contribution in [2.75, 3.05) is 14.2 Å². The second kappa shape index (κ2) is 7.20. The third-order valence-electron chi connectivity index (χ3n) is 5.61. The van der Waals surface area contributed by atoms with Gasteiger partial charge in [0.1, 0.15) is 7.11 Å². The quantitative estimate of drug-likeness (QED) is 0.644. The largest absolute Gasteiger partial charge is 0.399 e. The van der Waals surface area contributed by atoms with Gasteiger partial charge in [-0.3, -0.25) is 4.90 Å². The van der Waals surface area contributed by atoms with Gasteiger partial charge in [-0.15, -0.1) is 0 Å². The molecule has 2 bridgehead atoms. The number of halogens is 2. The minimum Gasteiger partial charge on any atom is -0.399 e. The summed E-state index contributed by atoms with van der Waals surface area (Å²) in [6, 6.07) is 6.28. The highest BCUT2D eigenvalue weighted by atomic mass is 35.5. The number of benzene rings is 1. The third-order valence-corrected chi connectivity index (χ3v) is 6.35. The van der Waals surface area contributed by atoms with Gasteiger partial charge in [-0.2, -0.15) is 0 Å². The first-order valence-electron chi connectivity index (χ1n) is 8.42. The summed E-state index contributed by atoms with van der Waals surface area (Å²) in [6.07, 6.45) is 2.22. The predicted molar refractivity (Wildman–Crippen MR) is 98.0 cm³/mol. The number of rotatable bonds is 4. The fourth-order valence-electron chi connectivity index (χ4n) is 4.53. The average molecular weight is 371 g/mol. The number of hydrogen-bond acceptors (Lipinski definition) is 4. The Labute approximate surface area is 153 Å². The summed E-state index contributed by atoms with van der Waals surface area (Å²) in [5.74, 6) is 0.350. The molecule has 0 saturated carbocycles. The first kappa shape index (κ1) is 18.0. The van der Waals surface area contributed by atoms with E-state index in [1.165, 1.54) is 0 Å². The van der Waals surface area contributed by atoms with Crippen molar-refractivity contribution in [2.24, 2.45) is 11.1 Å². The normalized spacial score (nSPS) is 33.8. The van der Waals surface area contributed by atoms with E-state index in [1.807, 2.05) is 18.2 Å². The summed E-state index contributed by atoms with van der Waals surface area (Å²) in [7, 11) is 3.67. The van der Waals surface area contributed by atoms with Crippen LogP contribution < -0.4 is 0 Å². The van der Waals surface area contributed by atoms with E-state index in [0.717, 1.165) is 30.5 Å². The molecular weight excluding hydrogens is 347 g/mol. The fraction of sp³-hybridized carbons (Fsp3) is 0.611. The van der Waals surface area contributed by atoms with Crippen molar-refractivity contribution in [1.29, 1.82) is 0 Å². The van der Waals surface area contributed by atoms with Crippen molar-refractivity contribution in [3.63, 3.8) is 0 Å². The Morgan fingerprint density at radius 2 is 2.08 bits per heavy atom. The number of piperidine rings is 1. The first-order chi connectivity index (χ1) is 11.5. The van der Waals surface area contributed by atoms with Crippen LogP contribution in [-0.4, -0.2) is 48.1 Å². The Bertz CT molecular complexity index is 637. The molecule has 0 amide bonds. The van der Waals surface area contributed by atoms with Crippen molar-refractivity contribution in [2.45, 2.75) is 50.3 Å². The minimum absolute atomic E-state index is 0.0528. The van der Waals surface area contributed by atoms with Crippen molar-refractivity contribution in [3.05, 3.63) is 33.8 Å². The number of aliphatic hydroxyl groups is 1. The first-order valence-corrected chi connectivity index (χ1v) is 9.18. The maximum atomic E-state index is 10.6. The molecule has 2 heterocycles. The van der Waals surface area contributed by atoms with Gasteiger partial charge in [0.25, 0.3) is 0 Å². The van der Waals surface area contributed by atoms with Crippen LogP contribution in [0.3, 0.4) is 0 Å². The summed E-state index contributed by atoms with van der Waals surface area (Å²) in [6.45, 7) is 2.08. The lowest BCUT2D eigenvalue weighted by molar-refractivity contribution is 0.0694. The summed E-state index contributed by atoms with van der Waals surface area (Å²) in [5, 5.41) is 16.1. The van der Waals surface area contributed by atoms with Crippen LogP contribution in [0.25, 0.3) is 0 Å². The topological polar surface area (TPSA) is 45.1 Å². The number of oxime groups is 1. The van der Waals surface area contributed by atoms with Crippen LogP contribution in [0.4, 0.5) is 0 Å². The maximum Gasteiger partial charge on any atom is 0.106 e. The highest BCUT2D eigenvalue weighted by molar-refractivity contribution is 6.42. The SMILES string of the molecule is CCC(=NOC)[C@H]1[C@@H](c2ccc(Cl)c(Cl)c2)CC2CC(O)[C@@H]1N2C. The van der Waals surface area contributed by atoms with Crippen LogP contribution in [0, 0.1) is 5.92 Å². The van der Waals surface area contributed by atoms with Gasteiger partial charge >= 0.3 is 0 Å². The highest BCUT2D eigenvalue weighted by Crippen LogP contribution is 2.48. The van der Waals surface area contributed by atoms with Gasteiger partial charge in [-0.25, -0.2) is 0 Å². The Balaban J connectivity index is 2.05. The standard InChI is InChI=1S/C18H24Cl2N2O2/c1-4-15(21-24-3)17-12(10-5-6-13(19)14(20)7-10)8-11-9-16(23)18(17)22(11)2/h5-7,11-12,16-18,23H,4,8-9H2,1-3H3/t11?,12-,16?,17-,18+/m1/s1. The van der Waals surface area contributed by atoms with Gasteiger partial charge in [-0.05, 0) is 49.9 Å². The zero-order valence-electron chi connectivity index (χ0n) is 14.2. The van der Waals surface area contributed by atoms with Gasteiger partial charge in [0, 0.05) is 18.0 Å². The van der Waals surface area contributed by atoms with Gasteiger partial charge in [0.05, 0.1) is 21.9 Å². The van der Waals surface area contributed by atoms with Crippen LogP contribution in [0.5, 0.6) is 0 Å². The van der Waals surface area contributed by atoms with Crippen molar-refractivity contribution >= 4 is 28.9 Å². The predicted octanol–water partition coefficient (Wildman–Crippen LogP) is 3.94. The van der Waals surface area contributed by atoms with Crippen LogP contribution in [0.15, 0.2) is 23.4 Å². The summed E-state index contributed by atoms with van der Waals surface area (Å²) in [4.78, 5) is 7.40. The monoisotopic (exact) mass is 370 g/mol. The molecule has 0 radical (unpaired) electrons. The van der Waals surface area contributed by atoms with E-state index in [2.05, 4.69) is 24.0 Å². The van der Waals surface area contributed by atoms with Crippen LogP contribution in [0.1, 0.15) is 37.7 Å². The number of likely N-dealkylation sites (N-methyl/N-ethyl adjacent to an activating group) is 1. The van der Waals surface area contributed by atoms with Crippen molar-refractivity contribution in [3.8, 4) is 0 Å². The Hall–Kier alpha value is -0.810. The van der Waals surface area contributed by atoms with Crippen molar-refractivity contribution in [1.82, 2.24) is 4.90 Å². The van der Waals surface area contributed by atoms with E-state index < -0.39 is 0 Å². The lowest BCUT2D eigenvalue weighted by atomic mass is 9.73. The summed E-state index contributed by atoms with van der Waals surface area (Å²) < 4.78 is 0.